The Morgan fingerprint density at radius 2 is 1.37 bits per heavy atom. The molecule has 0 saturated carbocycles. The van der Waals surface area contributed by atoms with E-state index in [2.05, 4.69) is 10.7 Å². The first-order valence-electron chi connectivity index (χ1n) is 12.8. The van der Waals surface area contributed by atoms with E-state index in [1.165, 1.54) is 25.1 Å². The van der Waals surface area contributed by atoms with Gasteiger partial charge in [0.2, 0.25) is 0 Å². The summed E-state index contributed by atoms with van der Waals surface area (Å²) in [4.78, 5) is 50.9. The number of aliphatic carboxylic acids is 1. The molecule has 3 aromatic carbocycles. The van der Waals surface area contributed by atoms with Crippen molar-refractivity contribution in [1.29, 1.82) is 0 Å². The molecule has 0 radical (unpaired) electrons. The Hall–Kier alpha value is -5.06. The van der Waals surface area contributed by atoms with Gasteiger partial charge in [0.25, 0.3) is 0 Å². The monoisotopic (exact) mass is 563 g/mol. The highest BCUT2D eigenvalue weighted by atomic mass is 16.6. The van der Waals surface area contributed by atoms with Crippen molar-refractivity contribution in [2.24, 2.45) is 0 Å². The van der Waals surface area contributed by atoms with Crippen LogP contribution in [0.25, 0.3) is 0 Å². The Balaban J connectivity index is 1.97. The highest BCUT2D eigenvalue weighted by Gasteiger charge is 2.31. The Labute approximate surface area is 238 Å². The maximum absolute atomic E-state index is 13.5. The first-order chi connectivity index (χ1) is 19.4. The minimum absolute atomic E-state index is 0.0168. The molecular weight excluding hydrogens is 530 g/mol. The SMILES string of the molecule is C[C@@H](C(=O)O)N(NC(=O)OCc1ccccc1)c1cccc(NC(=O)OC(C)(C)C)c1C(=O)OCc1ccccc1. The number of amides is 2. The van der Waals surface area contributed by atoms with Gasteiger partial charge in [-0.1, -0.05) is 66.7 Å². The van der Waals surface area contributed by atoms with E-state index >= 15 is 0 Å². The summed E-state index contributed by atoms with van der Waals surface area (Å²) < 4.78 is 16.1. The smallest absolute Gasteiger partial charge is 0.426 e. The molecule has 11 nitrogen and oxygen atoms in total. The van der Waals surface area contributed by atoms with Gasteiger partial charge in [0.15, 0.2) is 0 Å². The van der Waals surface area contributed by atoms with Crippen molar-refractivity contribution >= 4 is 35.5 Å². The summed E-state index contributed by atoms with van der Waals surface area (Å²) in [5.41, 5.74) is 2.73. The third kappa shape index (κ3) is 9.27. The Bertz CT molecular complexity index is 1360. The van der Waals surface area contributed by atoms with E-state index in [0.29, 0.717) is 11.1 Å². The second-order valence-electron chi connectivity index (χ2n) is 9.95. The molecule has 1 atom stereocenters. The Morgan fingerprint density at radius 1 is 0.805 bits per heavy atom. The van der Waals surface area contributed by atoms with Crippen LogP contribution >= 0.6 is 0 Å². The number of carboxylic acids is 1. The zero-order valence-electron chi connectivity index (χ0n) is 23.2. The molecule has 3 aromatic rings. The number of hydrogen-bond acceptors (Lipinski definition) is 8. The molecule has 0 heterocycles. The van der Waals surface area contributed by atoms with Crippen molar-refractivity contribution in [2.75, 3.05) is 10.3 Å². The molecule has 41 heavy (non-hydrogen) atoms. The van der Waals surface area contributed by atoms with Gasteiger partial charge >= 0.3 is 24.1 Å². The van der Waals surface area contributed by atoms with Gasteiger partial charge in [-0.25, -0.2) is 24.6 Å². The summed E-state index contributed by atoms with van der Waals surface area (Å²) >= 11 is 0. The van der Waals surface area contributed by atoms with E-state index < -0.39 is 35.8 Å². The van der Waals surface area contributed by atoms with Gasteiger partial charge in [0.05, 0.1) is 11.4 Å². The number of benzene rings is 3. The number of hydrogen-bond donors (Lipinski definition) is 3. The lowest BCUT2D eigenvalue weighted by Crippen LogP contribution is -2.51. The summed E-state index contributed by atoms with van der Waals surface area (Å²) in [6, 6.07) is 20.8. The summed E-state index contributed by atoms with van der Waals surface area (Å²) in [6.45, 7) is 6.18. The summed E-state index contributed by atoms with van der Waals surface area (Å²) in [5, 5.41) is 13.3. The molecule has 11 heteroatoms. The number of nitrogens with zero attached hydrogens (tertiary/aromatic N) is 1. The average molecular weight is 564 g/mol. The lowest BCUT2D eigenvalue weighted by Gasteiger charge is -2.30. The van der Waals surface area contributed by atoms with Crippen LogP contribution in [0.3, 0.4) is 0 Å². The van der Waals surface area contributed by atoms with Crippen molar-refractivity contribution in [1.82, 2.24) is 5.43 Å². The molecular formula is C30H33N3O8. The lowest BCUT2D eigenvalue weighted by atomic mass is 10.1. The maximum atomic E-state index is 13.5. The van der Waals surface area contributed by atoms with Gasteiger partial charge in [0, 0.05) is 0 Å². The summed E-state index contributed by atoms with van der Waals surface area (Å²) in [6.07, 6.45) is -1.81. The number of nitrogens with one attached hydrogen (secondary N) is 2. The Morgan fingerprint density at radius 3 is 1.90 bits per heavy atom. The van der Waals surface area contributed by atoms with Crippen LogP contribution in [-0.2, 0) is 32.2 Å². The molecule has 0 aliphatic carbocycles. The quantitative estimate of drug-likeness (QED) is 0.165. The summed E-state index contributed by atoms with van der Waals surface area (Å²) in [7, 11) is 0. The molecule has 3 N–H and O–H groups in total. The molecule has 0 unspecified atom stereocenters. The zero-order chi connectivity index (χ0) is 30.0. The molecule has 2 amide bonds. The van der Waals surface area contributed by atoms with E-state index in [0.717, 1.165) is 5.01 Å². The molecule has 0 spiro atoms. The summed E-state index contributed by atoms with van der Waals surface area (Å²) in [5.74, 6) is -2.18. The van der Waals surface area contributed by atoms with Crippen LogP contribution in [0.4, 0.5) is 21.0 Å². The molecule has 0 fully saturated rings. The highest BCUT2D eigenvalue weighted by Crippen LogP contribution is 2.30. The first-order valence-corrected chi connectivity index (χ1v) is 12.8. The fourth-order valence-corrected chi connectivity index (χ4v) is 3.60. The van der Waals surface area contributed by atoms with Crippen molar-refractivity contribution in [2.45, 2.75) is 52.6 Å². The second-order valence-corrected chi connectivity index (χ2v) is 9.95. The molecule has 0 bridgehead atoms. The van der Waals surface area contributed by atoms with Crippen LogP contribution in [0.5, 0.6) is 0 Å². The number of carbonyl (C=O) groups excluding carboxylic acids is 3. The number of anilines is 2. The number of esters is 1. The number of rotatable bonds is 10. The van der Waals surface area contributed by atoms with E-state index in [4.69, 9.17) is 14.2 Å². The van der Waals surface area contributed by atoms with Gasteiger partial charge < -0.3 is 19.3 Å². The average Bonchev–Trinajstić information content (AvgIpc) is 2.93. The van der Waals surface area contributed by atoms with Crippen LogP contribution < -0.4 is 15.8 Å². The van der Waals surface area contributed by atoms with Gasteiger partial charge in [-0.05, 0) is 51.0 Å². The van der Waals surface area contributed by atoms with Crippen LogP contribution in [0, 0.1) is 0 Å². The normalized spacial score (nSPS) is 11.5. The minimum atomic E-state index is -1.36. The fraction of sp³-hybridized carbons (Fsp3) is 0.267. The third-order valence-corrected chi connectivity index (χ3v) is 5.52. The van der Waals surface area contributed by atoms with Gasteiger partial charge in [-0.3, -0.25) is 10.3 Å². The van der Waals surface area contributed by atoms with Gasteiger partial charge in [-0.2, -0.15) is 0 Å². The van der Waals surface area contributed by atoms with Crippen molar-refractivity contribution in [3.05, 3.63) is 95.6 Å². The van der Waals surface area contributed by atoms with E-state index in [9.17, 15) is 24.3 Å². The predicted molar refractivity (Wildman–Crippen MR) is 151 cm³/mol. The topological polar surface area (TPSA) is 144 Å². The maximum Gasteiger partial charge on any atom is 0.426 e. The lowest BCUT2D eigenvalue weighted by molar-refractivity contribution is -0.138. The van der Waals surface area contributed by atoms with E-state index in [-0.39, 0.29) is 30.2 Å². The molecule has 0 saturated heterocycles. The molecule has 3 rings (SSSR count). The minimum Gasteiger partial charge on any atom is -0.480 e. The van der Waals surface area contributed by atoms with Crippen molar-refractivity contribution < 1.29 is 38.5 Å². The van der Waals surface area contributed by atoms with E-state index in [1.54, 1.807) is 69.3 Å². The van der Waals surface area contributed by atoms with Crippen molar-refractivity contribution in [3.8, 4) is 0 Å². The number of carbonyl (C=O) groups is 4. The Kier molecular flexibility index (Phi) is 10.3. The third-order valence-electron chi connectivity index (χ3n) is 5.52. The number of hydrazine groups is 1. The van der Waals surface area contributed by atoms with Crippen LogP contribution in [-0.4, -0.2) is 40.9 Å². The molecule has 216 valence electrons. The number of ether oxygens (including phenoxy) is 3. The largest absolute Gasteiger partial charge is 0.480 e. The van der Waals surface area contributed by atoms with Crippen LogP contribution in [0.15, 0.2) is 78.9 Å². The predicted octanol–water partition coefficient (Wildman–Crippen LogP) is 5.51. The number of carboxylic acid groups (broad SMARTS) is 1. The molecule has 0 aliphatic rings. The van der Waals surface area contributed by atoms with Crippen molar-refractivity contribution in [3.63, 3.8) is 0 Å². The highest BCUT2D eigenvalue weighted by molar-refractivity contribution is 6.05. The van der Waals surface area contributed by atoms with Gasteiger partial charge in [0.1, 0.15) is 30.4 Å². The molecule has 0 aliphatic heterocycles. The fourth-order valence-electron chi connectivity index (χ4n) is 3.60. The first kappa shape index (κ1) is 30.5. The zero-order valence-corrected chi connectivity index (χ0v) is 23.2. The van der Waals surface area contributed by atoms with E-state index in [1.807, 2.05) is 12.1 Å². The second kappa shape index (κ2) is 13.8. The standard InChI is InChI=1S/C30H33N3O8/c1-20(26(34)35)33(32-29(38)40-19-22-14-9-6-10-15-22)24-17-11-16-23(31-28(37)41-30(2,3)4)25(24)27(36)39-18-21-12-7-5-8-13-21/h5-17,20H,18-19H2,1-4H3,(H,31,37)(H,32,38)(H,34,35)/t20-/m0/s1. The van der Waals surface area contributed by atoms with Crippen LogP contribution in [0.1, 0.15) is 49.2 Å². The van der Waals surface area contributed by atoms with Gasteiger partial charge in [-0.15, -0.1) is 0 Å². The molecule has 0 aromatic heterocycles. The van der Waals surface area contributed by atoms with Crippen LogP contribution in [0.2, 0.25) is 0 Å².